The van der Waals surface area contributed by atoms with Crippen molar-refractivity contribution in [1.29, 1.82) is 0 Å². The number of hydrogen-bond acceptors (Lipinski definition) is 4. The van der Waals surface area contributed by atoms with E-state index < -0.39 is 5.91 Å². The van der Waals surface area contributed by atoms with E-state index in [0.29, 0.717) is 22.3 Å². The van der Waals surface area contributed by atoms with E-state index in [9.17, 15) is 4.79 Å². The van der Waals surface area contributed by atoms with Crippen LogP contribution in [-0.2, 0) is 0 Å². The number of nitrogens with one attached hydrogen (secondary N) is 1. The number of carbonyl (C=O) groups is 1. The lowest BCUT2D eigenvalue weighted by atomic mass is 10.1. The molecule has 21 heavy (non-hydrogen) atoms. The fourth-order valence-corrected chi connectivity index (χ4v) is 2.04. The molecule has 0 spiro atoms. The molecule has 0 saturated heterocycles. The Hall–Kier alpha value is -2.27. The Morgan fingerprint density at radius 1 is 1.33 bits per heavy atom. The first-order chi connectivity index (χ1) is 9.99. The molecule has 0 aliphatic carbocycles. The average molecular weight is 306 g/mol. The summed E-state index contributed by atoms with van der Waals surface area (Å²) in [4.78, 5) is 16.4. The lowest BCUT2D eigenvalue weighted by Crippen LogP contribution is -2.17. The number of halogens is 1. The zero-order chi connectivity index (χ0) is 15.4. The summed E-state index contributed by atoms with van der Waals surface area (Å²) in [5, 5.41) is 3.02. The second kappa shape index (κ2) is 6.45. The second-order valence-corrected chi connectivity index (χ2v) is 5.09. The summed E-state index contributed by atoms with van der Waals surface area (Å²) >= 11 is 6.03. The lowest BCUT2D eigenvalue weighted by molar-refractivity contribution is 0.102. The molecule has 1 aromatic carbocycles. The van der Waals surface area contributed by atoms with Crippen LogP contribution in [0, 0.1) is 0 Å². The van der Waals surface area contributed by atoms with Gasteiger partial charge < -0.3 is 15.8 Å². The van der Waals surface area contributed by atoms with Crippen molar-refractivity contribution in [2.24, 2.45) is 0 Å². The number of carbonyl (C=O) groups excluding carboxylic acids is 1. The van der Waals surface area contributed by atoms with Gasteiger partial charge in [-0.1, -0.05) is 17.7 Å². The first kappa shape index (κ1) is 15.1. The monoisotopic (exact) mass is 305 g/mol. The van der Waals surface area contributed by atoms with Crippen molar-refractivity contribution in [2.45, 2.75) is 20.0 Å². The third-order valence-electron chi connectivity index (χ3n) is 2.64. The summed E-state index contributed by atoms with van der Waals surface area (Å²) in [6.07, 6.45) is 1.54. The highest BCUT2D eigenvalue weighted by Gasteiger charge is 2.16. The van der Waals surface area contributed by atoms with Crippen LogP contribution in [0.4, 0.5) is 11.4 Å². The van der Waals surface area contributed by atoms with Crippen LogP contribution >= 0.6 is 11.6 Å². The molecule has 1 amide bonds. The summed E-state index contributed by atoms with van der Waals surface area (Å²) < 4.78 is 5.55. The molecule has 0 aliphatic rings. The predicted octanol–water partition coefficient (Wildman–Crippen LogP) is 3.36. The van der Waals surface area contributed by atoms with E-state index >= 15 is 0 Å². The fraction of sp³-hybridized carbons (Fsp3) is 0.200. The van der Waals surface area contributed by atoms with Gasteiger partial charge in [-0.25, -0.2) is 4.98 Å². The number of amides is 1. The van der Waals surface area contributed by atoms with Gasteiger partial charge in [-0.15, -0.1) is 0 Å². The Kier molecular flexibility index (Phi) is 4.65. The van der Waals surface area contributed by atoms with Gasteiger partial charge in [-0.05, 0) is 38.1 Å². The Morgan fingerprint density at radius 2 is 2.10 bits per heavy atom. The van der Waals surface area contributed by atoms with E-state index in [1.165, 1.54) is 0 Å². The van der Waals surface area contributed by atoms with Crippen LogP contribution in [0.15, 0.2) is 36.5 Å². The molecule has 3 N–H and O–H groups in total. The fourth-order valence-electron chi connectivity index (χ4n) is 1.77. The summed E-state index contributed by atoms with van der Waals surface area (Å²) in [5.41, 5.74) is 6.82. The largest absolute Gasteiger partial charge is 0.473 e. The van der Waals surface area contributed by atoms with E-state index in [1.807, 2.05) is 13.8 Å². The highest BCUT2D eigenvalue weighted by Crippen LogP contribution is 2.26. The molecular weight excluding hydrogens is 290 g/mol. The van der Waals surface area contributed by atoms with Gasteiger partial charge in [-0.3, -0.25) is 4.79 Å². The van der Waals surface area contributed by atoms with Crippen LogP contribution in [0.2, 0.25) is 5.02 Å². The van der Waals surface area contributed by atoms with E-state index in [1.54, 1.807) is 36.5 Å². The van der Waals surface area contributed by atoms with Crippen LogP contribution in [-0.4, -0.2) is 17.0 Å². The molecular formula is C15H16ClN3O2. The maximum Gasteiger partial charge on any atom is 0.259 e. The number of nitrogen functional groups attached to an aromatic ring is 1. The quantitative estimate of drug-likeness (QED) is 0.849. The molecule has 0 aliphatic heterocycles. The Labute approximate surface area is 128 Å². The van der Waals surface area contributed by atoms with Crippen molar-refractivity contribution in [3.05, 3.63) is 47.1 Å². The van der Waals surface area contributed by atoms with Gasteiger partial charge in [0.25, 0.3) is 5.91 Å². The second-order valence-electron chi connectivity index (χ2n) is 4.68. The van der Waals surface area contributed by atoms with Crippen molar-refractivity contribution in [3.8, 4) is 5.88 Å². The van der Waals surface area contributed by atoms with Gasteiger partial charge in [-0.2, -0.15) is 0 Å². The molecule has 0 unspecified atom stereocenters. The van der Waals surface area contributed by atoms with Gasteiger partial charge in [0.15, 0.2) is 0 Å². The number of rotatable bonds is 4. The van der Waals surface area contributed by atoms with Crippen LogP contribution < -0.4 is 15.8 Å². The molecule has 1 aromatic heterocycles. The molecule has 5 nitrogen and oxygen atoms in total. The molecule has 0 atom stereocenters. The summed E-state index contributed by atoms with van der Waals surface area (Å²) in [6, 6.07) is 8.33. The van der Waals surface area contributed by atoms with Crippen molar-refractivity contribution >= 4 is 28.9 Å². The number of pyridine rings is 1. The van der Waals surface area contributed by atoms with Gasteiger partial charge in [0, 0.05) is 11.9 Å². The summed E-state index contributed by atoms with van der Waals surface area (Å²) in [7, 11) is 0. The van der Waals surface area contributed by atoms with E-state index in [2.05, 4.69) is 10.3 Å². The molecule has 0 fully saturated rings. The maximum atomic E-state index is 12.3. The highest BCUT2D eigenvalue weighted by molar-refractivity contribution is 6.35. The predicted molar refractivity (Wildman–Crippen MR) is 83.8 cm³/mol. The third-order valence-corrected chi connectivity index (χ3v) is 2.95. The average Bonchev–Trinajstić information content (AvgIpc) is 2.40. The van der Waals surface area contributed by atoms with Crippen LogP contribution in [0.3, 0.4) is 0 Å². The Morgan fingerprint density at radius 3 is 2.76 bits per heavy atom. The third kappa shape index (κ3) is 3.64. The first-order valence-corrected chi connectivity index (χ1v) is 6.84. The number of benzene rings is 1. The normalized spacial score (nSPS) is 10.5. The zero-order valence-electron chi connectivity index (χ0n) is 11.8. The molecule has 0 radical (unpaired) electrons. The molecule has 6 heteroatoms. The number of hydrogen-bond donors (Lipinski definition) is 2. The van der Waals surface area contributed by atoms with Crippen LogP contribution in [0.25, 0.3) is 0 Å². The minimum absolute atomic E-state index is 0.0547. The minimum Gasteiger partial charge on any atom is -0.473 e. The molecule has 2 aromatic rings. The van der Waals surface area contributed by atoms with E-state index in [0.717, 1.165) is 0 Å². The maximum absolute atomic E-state index is 12.3. The first-order valence-electron chi connectivity index (χ1n) is 6.46. The Balaban J connectivity index is 2.28. The smallest absolute Gasteiger partial charge is 0.259 e. The van der Waals surface area contributed by atoms with Gasteiger partial charge in [0.2, 0.25) is 5.88 Å². The van der Waals surface area contributed by atoms with Gasteiger partial charge >= 0.3 is 0 Å². The topological polar surface area (TPSA) is 77.2 Å². The number of ether oxygens (including phenoxy) is 1. The standard InChI is InChI=1S/C15H16ClN3O2/c1-9(2)21-15-12(7-4-8-18-15)19-14(20)13-10(16)5-3-6-11(13)17/h3-9H,17H2,1-2H3,(H,19,20). The molecule has 2 rings (SSSR count). The van der Waals surface area contributed by atoms with Gasteiger partial charge in [0.1, 0.15) is 5.69 Å². The number of nitrogens with zero attached hydrogens (tertiary/aromatic N) is 1. The molecule has 0 bridgehead atoms. The van der Waals surface area contributed by atoms with Crippen molar-refractivity contribution in [2.75, 3.05) is 11.1 Å². The highest BCUT2D eigenvalue weighted by atomic mass is 35.5. The molecule has 110 valence electrons. The number of anilines is 2. The van der Waals surface area contributed by atoms with Crippen molar-refractivity contribution in [1.82, 2.24) is 4.98 Å². The van der Waals surface area contributed by atoms with Crippen molar-refractivity contribution < 1.29 is 9.53 Å². The van der Waals surface area contributed by atoms with E-state index in [4.69, 9.17) is 22.1 Å². The lowest BCUT2D eigenvalue weighted by Gasteiger charge is -2.14. The summed E-state index contributed by atoms with van der Waals surface area (Å²) in [6.45, 7) is 3.76. The number of nitrogens with two attached hydrogens (primary N) is 1. The van der Waals surface area contributed by atoms with E-state index in [-0.39, 0.29) is 11.7 Å². The Bertz CT molecular complexity index is 639. The van der Waals surface area contributed by atoms with Crippen LogP contribution in [0.5, 0.6) is 5.88 Å². The molecule has 1 heterocycles. The zero-order valence-corrected chi connectivity index (χ0v) is 12.5. The molecule has 0 saturated carbocycles. The van der Waals surface area contributed by atoms with Crippen molar-refractivity contribution in [3.63, 3.8) is 0 Å². The van der Waals surface area contributed by atoms with Gasteiger partial charge in [0.05, 0.1) is 16.7 Å². The number of aromatic nitrogens is 1. The minimum atomic E-state index is -0.403. The van der Waals surface area contributed by atoms with Crippen LogP contribution in [0.1, 0.15) is 24.2 Å². The SMILES string of the molecule is CC(C)Oc1ncccc1NC(=O)c1c(N)cccc1Cl. The summed E-state index contributed by atoms with van der Waals surface area (Å²) in [5.74, 6) is -0.0498.